The van der Waals surface area contributed by atoms with Crippen molar-refractivity contribution in [3.63, 3.8) is 0 Å². The molecule has 2 aromatic rings. The SMILES string of the molecule is CCOC(=O)Cc1cc2c(n1-c1ccc(OC(F)(F)F)cc1)C[C@H](C)CC2=O. The molecule has 28 heavy (non-hydrogen) atoms. The van der Waals surface area contributed by atoms with E-state index in [1.54, 1.807) is 17.6 Å². The van der Waals surface area contributed by atoms with Gasteiger partial charge in [0.15, 0.2) is 5.78 Å². The van der Waals surface area contributed by atoms with Gasteiger partial charge in [0.05, 0.1) is 13.0 Å². The van der Waals surface area contributed by atoms with E-state index < -0.39 is 12.3 Å². The number of ketones is 1. The number of carbonyl (C=O) groups excluding carboxylic acids is 2. The molecule has 3 rings (SSSR count). The Hall–Kier alpha value is -2.77. The molecular weight excluding hydrogens is 375 g/mol. The molecule has 0 spiro atoms. The Balaban J connectivity index is 2.02. The summed E-state index contributed by atoms with van der Waals surface area (Å²) >= 11 is 0. The van der Waals surface area contributed by atoms with Crippen LogP contribution >= 0.6 is 0 Å². The minimum absolute atomic E-state index is 0.00497. The monoisotopic (exact) mass is 395 g/mol. The van der Waals surface area contributed by atoms with Gasteiger partial charge in [-0.25, -0.2) is 0 Å². The number of Topliss-reactive ketones (excluding diaryl/α,β-unsaturated/α-hetero) is 1. The molecule has 0 saturated carbocycles. The number of hydrogen-bond donors (Lipinski definition) is 0. The molecule has 1 aromatic heterocycles. The summed E-state index contributed by atoms with van der Waals surface area (Å²) in [5.74, 6) is -0.642. The zero-order valence-electron chi connectivity index (χ0n) is 15.5. The van der Waals surface area contributed by atoms with Crippen molar-refractivity contribution in [2.24, 2.45) is 5.92 Å². The van der Waals surface area contributed by atoms with Gasteiger partial charge in [-0.1, -0.05) is 6.92 Å². The average molecular weight is 395 g/mol. The largest absolute Gasteiger partial charge is 0.573 e. The van der Waals surface area contributed by atoms with Crippen LogP contribution in [0.5, 0.6) is 5.75 Å². The third-order valence-electron chi connectivity index (χ3n) is 4.51. The molecule has 0 fully saturated rings. The molecule has 8 heteroatoms. The Morgan fingerprint density at radius 2 is 1.89 bits per heavy atom. The second-order valence-corrected chi connectivity index (χ2v) is 6.79. The number of rotatable bonds is 5. The van der Waals surface area contributed by atoms with Crippen LogP contribution < -0.4 is 4.74 Å². The molecule has 1 heterocycles. The summed E-state index contributed by atoms with van der Waals surface area (Å²) in [6.07, 6.45) is -3.76. The second kappa shape index (κ2) is 7.69. The van der Waals surface area contributed by atoms with E-state index in [2.05, 4.69) is 4.74 Å². The molecule has 1 aromatic carbocycles. The second-order valence-electron chi connectivity index (χ2n) is 6.79. The summed E-state index contributed by atoms with van der Waals surface area (Å²) in [7, 11) is 0. The van der Waals surface area contributed by atoms with Crippen LogP contribution in [0.3, 0.4) is 0 Å². The van der Waals surface area contributed by atoms with E-state index in [0.29, 0.717) is 29.8 Å². The van der Waals surface area contributed by atoms with Gasteiger partial charge in [-0.05, 0) is 49.6 Å². The molecule has 0 bridgehead atoms. The Kier molecular flexibility index (Phi) is 5.49. The molecule has 0 N–H and O–H groups in total. The lowest BCUT2D eigenvalue weighted by molar-refractivity contribution is -0.274. The maximum absolute atomic E-state index is 12.4. The number of alkyl halides is 3. The van der Waals surface area contributed by atoms with Gasteiger partial charge in [-0.2, -0.15) is 0 Å². The van der Waals surface area contributed by atoms with Crippen molar-refractivity contribution in [1.29, 1.82) is 0 Å². The van der Waals surface area contributed by atoms with E-state index in [-0.39, 0.29) is 30.5 Å². The molecule has 1 aliphatic carbocycles. The van der Waals surface area contributed by atoms with Gasteiger partial charge in [-0.3, -0.25) is 9.59 Å². The summed E-state index contributed by atoms with van der Waals surface area (Å²) in [4.78, 5) is 24.4. The first-order chi connectivity index (χ1) is 13.2. The van der Waals surface area contributed by atoms with Gasteiger partial charge >= 0.3 is 12.3 Å². The molecule has 0 unspecified atom stereocenters. The van der Waals surface area contributed by atoms with E-state index in [4.69, 9.17) is 4.74 Å². The summed E-state index contributed by atoms with van der Waals surface area (Å²) in [6, 6.07) is 7.04. The van der Waals surface area contributed by atoms with Crippen molar-refractivity contribution < 1.29 is 32.2 Å². The molecule has 150 valence electrons. The van der Waals surface area contributed by atoms with E-state index in [1.165, 1.54) is 24.3 Å². The highest BCUT2D eigenvalue weighted by atomic mass is 19.4. The van der Waals surface area contributed by atoms with Crippen LogP contribution in [0, 0.1) is 5.92 Å². The van der Waals surface area contributed by atoms with Gasteiger partial charge < -0.3 is 14.0 Å². The summed E-state index contributed by atoms with van der Waals surface area (Å²) < 4.78 is 47.9. The molecule has 0 aliphatic heterocycles. The van der Waals surface area contributed by atoms with E-state index in [0.717, 1.165) is 5.69 Å². The van der Waals surface area contributed by atoms with Crippen molar-refractivity contribution in [2.45, 2.75) is 39.5 Å². The van der Waals surface area contributed by atoms with Crippen molar-refractivity contribution >= 4 is 11.8 Å². The molecule has 0 saturated heterocycles. The first-order valence-electron chi connectivity index (χ1n) is 8.96. The first kappa shape index (κ1) is 20.0. The maximum atomic E-state index is 12.4. The van der Waals surface area contributed by atoms with Crippen molar-refractivity contribution in [3.05, 3.63) is 47.3 Å². The van der Waals surface area contributed by atoms with Crippen LogP contribution in [0.4, 0.5) is 13.2 Å². The molecule has 5 nitrogen and oxygen atoms in total. The number of benzene rings is 1. The number of aromatic nitrogens is 1. The highest BCUT2D eigenvalue weighted by Crippen LogP contribution is 2.32. The first-order valence-corrected chi connectivity index (χ1v) is 8.96. The fraction of sp³-hybridized carbons (Fsp3) is 0.400. The molecular formula is C20H20F3NO4. The summed E-state index contributed by atoms with van der Waals surface area (Å²) in [6.45, 7) is 3.90. The molecule has 0 amide bonds. The minimum atomic E-state index is -4.77. The van der Waals surface area contributed by atoms with Crippen LogP contribution in [0.1, 0.15) is 42.0 Å². The lowest BCUT2D eigenvalue weighted by atomic mass is 9.88. The van der Waals surface area contributed by atoms with Gasteiger partial charge in [0.25, 0.3) is 0 Å². The number of nitrogens with zero attached hydrogens (tertiary/aromatic N) is 1. The number of hydrogen-bond acceptors (Lipinski definition) is 4. The highest BCUT2D eigenvalue weighted by molar-refractivity contribution is 5.99. The van der Waals surface area contributed by atoms with Crippen LogP contribution in [0.25, 0.3) is 5.69 Å². The highest BCUT2D eigenvalue weighted by Gasteiger charge is 2.31. The van der Waals surface area contributed by atoms with E-state index in [1.807, 2.05) is 6.92 Å². The van der Waals surface area contributed by atoms with Crippen LogP contribution in [-0.4, -0.2) is 29.3 Å². The van der Waals surface area contributed by atoms with E-state index in [9.17, 15) is 22.8 Å². The fourth-order valence-corrected chi connectivity index (χ4v) is 3.49. The Bertz CT molecular complexity index is 884. The predicted molar refractivity (Wildman–Crippen MR) is 94.6 cm³/mol. The zero-order valence-corrected chi connectivity index (χ0v) is 15.5. The Morgan fingerprint density at radius 3 is 2.50 bits per heavy atom. The lowest BCUT2D eigenvalue weighted by Gasteiger charge is -2.21. The standard InChI is InChI=1S/C20H20F3NO4/c1-3-27-19(26)11-14-10-16-17(8-12(2)9-18(16)25)24(14)13-4-6-15(7-5-13)28-20(21,22)23/h4-7,10,12H,3,8-9,11H2,1-2H3/t12-/m0/s1. The van der Waals surface area contributed by atoms with Crippen molar-refractivity contribution in [1.82, 2.24) is 4.57 Å². The van der Waals surface area contributed by atoms with Gasteiger partial charge in [0, 0.05) is 29.1 Å². The Morgan fingerprint density at radius 1 is 1.21 bits per heavy atom. The normalized spacial score (nSPS) is 16.6. The topological polar surface area (TPSA) is 57.5 Å². The maximum Gasteiger partial charge on any atom is 0.573 e. The average Bonchev–Trinajstić information content (AvgIpc) is 2.92. The third-order valence-corrected chi connectivity index (χ3v) is 4.51. The number of carbonyl (C=O) groups is 2. The minimum Gasteiger partial charge on any atom is -0.466 e. The van der Waals surface area contributed by atoms with Gasteiger partial charge in [0.1, 0.15) is 5.75 Å². The third kappa shape index (κ3) is 4.37. The molecule has 1 atom stereocenters. The van der Waals surface area contributed by atoms with Gasteiger partial charge in [-0.15, -0.1) is 13.2 Å². The van der Waals surface area contributed by atoms with E-state index >= 15 is 0 Å². The van der Waals surface area contributed by atoms with Crippen molar-refractivity contribution in [3.8, 4) is 11.4 Å². The van der Waals surface area contributed by atoms with Crippen LogP contribution in [0.15, 0.2) is 30.3 Å². The quantitative estimate of drug-likeness (QED) is 0.711. The lowest BCUT2D eigenvalue weighted by Crippen LogP contribution is -2.20. The molecule has 0 radical (unpaired) electrons. The van der Waals surface area contributed by atoms with Gasteiger partial charge in [0.2, 0.25) is 0 Å². The van der Waals surface area contributed by atoms with Crippen LogP contribution in [0.2, 0.25) is 0 Å². The smallest absolute Gasteiger partial charge is 0.466 e. The number of halogens is 3. The molecule has 1 aliphatic rings. The summed E-state index contributed by atoms with van der Waals surface area (Å²) in [5.41, 5.74) is 2.42. The predicted octanol–water partition coefficient (Wildman–Crippen LogP) is 4.25. The number of esters is 1. The summed E-state index contributed by atoms with van der Waals surface area (Å²) in [5, 5.41) is 0. The van der Waals surface area contributed by atoms with Crippen molar-refractivity contribution in [2.75, 3.05) is 6.61 Å². The zero-order chi connectivity index (χ0) is 20.5. The number of ether oxygens (including phenoxy) is 2. The fourth-order valence-electron chi connectivity index (χ4n) is 3.49. The number of fused-ring (bicyclic) bond motifs is 1. The van der Waals surface area contributed by atoms with Crippen LogP contribution in [-0.2, 0) is 22.4 Å². The Labute approximate surface area is 160 Å².